The molecular weight excluding hydrogens is 250 g/mol. The number of aryl methyl sites for hydroxylation is 1. The first-order valence-electron chi connectivity index (χ1n) is 7.54. The van der Waals surface area contributed by atoms with Gasteiger partial charge in [-0.15, -0.1) is 0 Å². The normalized spacial score (nSPS) is 9.60. The molecule has 0 atom stereocenters. The number of esters is 1. The van der Waals surface area contributed by atoms with Gasteiger partial charge in [0.15, 0.2) is 0 Å². The van der Waals surface area contributed by atoms with Gasteiger partial charge in [0, 0.05) is 0 Å². The van der Waals surface area contributed by atoms with E-state index in [0.717, 1.165) is 24.8 Å². The van der Waals surface area contributed by atoms with Crippen LogP contribution >= 0.6 is 0 Å². The van der Waals surface area contributed by atoms with Crippen molar-refractivity contribution in [1.29, 1.82) is 0 Å². The minimum Gasteiger partial charge on any atom is -0.462 e. The SMILES string of the molecule is CCCCCCOC(=O)c1ccccc1CC.CNC. The molecule has 0 amide bonds. The highest BCUT2D eigenvalue weighted by molar-refractivity contribution is 5.91. The Morgan fingerprint density at radius 3 is 2.35 bits per heavy atom. The zero-order valence-electron chi connectivity index (χ0n) is 13.4. The molecule has 0 aliphatic rings. The number of hydrogen-bond acceptors (Lipinski definition) is 3. The van der Waals surface area contributed by atoms with Gasteiger partial charge < -0.3 is 10.1 Å². The number of unbranched alkanes of at least 4 members (excludes halogenated alkanes) is 3. The summed E-state index contributed by atoms with van der Waals surface area (Å²) in [5, 5.41) is 2.75. The summed E-state index contributed by atoms with van der Waals surface area (Å²) in [7, 11) is 3.75. The smallest absolute Gasteiger partial charge is 0.338 e. The quantitative estimate of drug-likeness (QED) is 0.609. The first kappa shape index (κ1) is 18.7. The van der Waals surface area contributed by atoms with Gasteiger partial charge >= 0.3 is 5.97 Å². The van der Waals surface area contributed by atoms with Crippen LogP contribution in [0.4, 0.5) is 0 Å². The highest BCUT2D eigenvalue weighted by atomic mass is 16.5. The molecule has 0 radical (unpaired) electrons. The molecule has 0 saturated heterocycles. The number of rotatable bonds is 7. The molecule has 1 rings (SSSR count). The maximum absolute atomic E-state index is 11.8. The summed E-state index contributed by atoms with van der Waals surface area (Å²) in [5.41, 5.74) is 1.77. The van der Waals surface area contributed by atoms with Crippen molar-refractivity contribution in [3.63, 3.8) is 0 Å². The van der Waals surface area contributed by atoms with Crippen LogP contribution in [0.15, 0.2) is 24.3 Å². The summed E-state index contributed by atoms with van der Waals surface area (Å²) in [6, 6.07) is 7.66. The Hall–Kier alpha value is -1.35. The molecule has 0 fully saturated rings. The fourth-order valence-corrected chi connectivity index (χ4v) is 1.80. The number of carbonyl (C=O) groups is 1. The molecule has 0 bridgehead atoms. The maximum atomic E-state index is 11.8. The molecule has 114 valence electrons. The van der Waals surface area contributed by atoms with E-state index in [9.17, 15) is 4.79 Å². The van der Waals surface area contributed by atoms with E-state index in [1.54, 1.807) is 0 Å². The molecule has 3 nitrogen and oxygen atoms in total. The van der Waals surface area contributed by atoms with E-state index in [1.165, 1.54) is 12.8 Å². The van der Waals surface area contributed by atoms with Crippen LogP contribution in [0.3, 0.4) is 0 Å². The minimum atomic E-state index is -0.182. The Bertz CT molecular complexity index is 364. The Morgan fingerprint density at radius 2 is 1.75 bits per heavy atom. The Balaban J connectivity index is 0.00000110. The van der Waals surface area contributed by atoms with E-state index in [2.05, 4.69) is 12.2 Å². The van der Waals surface area contributed by atoms with Crippen LogP contribution in [0.1, 0.15) is 55.5 Å². The van der Waals surface area contributed by atoms with E-state index in [-0.39, 0.29) is 5.97 Å². The van der Waals surface area contributed by atoms with Crippen molar-refractivity contribution in [3.05, 3.63) is 35.4 Å². The predicted octanol–water partition coefficient (Wildman–Crippen LogP) is 3.82. The van der Waals surface area contributed by atoms with Gasteiger partial charge in [0.25, 0.3) is 0 Å². The largest absolute Gasteiger partial charge is 0.462 e. The molecule has 0 aliphatic carbocycles. The van der Waals surface area contributed by atoms with Crippen LogP contribution in [0.5, 0.6) is 0 Å². The van der Waals surface area contributed by atoms with Gasteiger partial charge in [0.1, 0.15) is 0 Å². The summed E-state index contributed by atoms with van der Waals surface area (Å²) in [5.74, 6) is -0.182. The monoisotopic (exact) mass is 279 g/mol. The molecule has 0 aliphatic heterocycles. The first-order valence-corrected chi connectivity index (χ1v) is 7.54. The van der Waals surface area contributed by atoms with Gasteiger partial charge in [-0.05, 0) is 38.6 Å². The molecule has 1 N–H and O–H groups in total. The molecule has 0 spiro atoms. The number of ether oxygens (including phenoxy) is 1. The second kappa shape index (κ2) is 12.7. The lowest BCUT2D eigenvalue weighted by molar-refractivity contribution is 0.0496. The summed E-state index contributed by atoms with van der Waals surface area (Å²) in [4.78, 5) is 11.8. The van der Waals surface area contributed by atoms with Crippen LogP contribution in [0.2, 0.25) is 0 Å². The van der Waals surface area contributed by atoms with Crippen LogP contribution in [-0.4, -0.2) is 26.7 Å². The zero-order chi connectivity index (χ0) is 15.2. The number of benzene rings is 1. The highest BCUT2D eigenvalue weighted by Gasteiger charge is 2.10. The van der Waals surface area contributed by atoms with Crippen molar-refractivity contribution in [1.82, 2.24) is 5.32 Å². The Labute approximate surface area is 123 Å². The standard InChI is InChI=1S/C15H22O2.C2H7N/c1-3-5-6-9-12-17-15(16)14-11-8-7-10-13(14)4-2;1-3-2/h7-8,10-11H,3-6,9,12H2,1-2H3;3H,1-2H3. The van der Waals surface area contributed by atoms with Gasteiger partial charge in [-0.3, -0.25) is 0 Å². The van der Waals surface area contributed by atoms with Crippen molar-refractivity contribution in [2.45, 2.75) is 46.0 Å². The minimum absolute atomic E-state index is 0.182. The fourth-order valence-electron chi connectivity index (χ4n) is 1.80. The number of hydrogen-bond donors (Lipinski definition) is 1. The van der Waals surface area contributed by atoms with Gasteiger partial charge in [-0.25, -0.2) is 4.79 Å². The molecule has 0 aromatic heterocycles. The van der Waals surface area contributed by atoms with Gasteiger partial charge in [0.05, 0.1) is 12.2 Å². The van der Waals surface area contributed by atoms with Crippen LogP contribution < -0.4 is 5.32 Å². The molecule has 3 heteroatoms. The third-order valence-corrected chi connectivity index (χ3v) is 2.85. The maximum Gasteiger partial charge on any atom is 0.338 e. The highest BCUT2D eigenvalue weighted by Crippen LogP contribution is 2.11. The fraction of sp³-hybridized carbons (Fsp3) is 0.588. The lowest BCUT2D eigenvalue weighted by atomic mass is 10.1. The van der Waals surface area contributed by atoms with Crippen molar-refractivity contribution in [2.75, 3.05) is 20.7 Å². The Morgan fingerprint density at radius 1 is 1.10 bits per heavy atom. The summed E-state index contributed by atoms with van der Waals surface area (Å²) >= 11 is 0. The van der Waals surface area contributed by atoms with E-state index in [0.29, 0.717) is 12.2 Å². The number of carbonyl (C=O) groups excluding carboxylic acids is 1. The molecule has 0 heterocycles. The predicted molar refractivity (Wildman–Crippen MR) is 85.2 cm³/mol. The molecule has 0 unspecified atom stereocenters. The van der Waals surface area contributed by atoms with Gasteiger partial charge in [-0.1, -0.05) is 51.3 Å². The van der Waals surface area contributed by atoms with Crippen LogP contribution in [0, 0.1) is 0 Å². The molecule has 20 heavy (non-hydrogen) atoms. The van der Waals surface area contributed by atoms with Crippen LogP contribution in [-0.2, 0) is 11.2 Å². The third kappa shape index (κ3) is 7.95. The van der Waals surface area contributed by atoms with Crippen molar-refractivity contribution in [3.8, 4) is 0 Å². The lowest BCUT2D eigenvalue weighted by Gasteiger charge is -2.07. The van der Waals surface area contributed by atoms with Crippen LogP contribution in [0.25, 0.3) is 0 Å². The van der Waals surface area contributed by atoms with E-state index < -0.39 is 0 Å². The van der Waals surface area contributed by atoms with Gasteiger partial charge in [-0.2, -0.15) is 0 Å². The zero-order valence-corrected chi connectivity index (χ0v) is 13.4. The average Bonchev–Trinajstić information content (AvgIpc) is 2.47. The van der Waals surface area contributed by atoms with Gasteiger partial charge in [0.2, 0.25) is 0 Å². The topological polar surface area (TPSA) is 38.3 Å². The van der Waals surface area contributed by atoms with Crippen molar-refractivity contribution < 1.29 is 9.53 Å². The molecular formula is C17H29NO2. The summed E-state index contributed by atoms with van der Waals surface area (Å²) < 4.78 is 5.28. The Kier molecular flexibility index (Phi) is 11.8. The third-order valence-electron chi connectivity index (χ3n) is 2.85. The number of nitrogens with one attached hydrogen (secondary N) is 1. The molecule has 1 aromatic carbocycles. The molecule has 1 aromatic rings. The van der Waals surface area contributed by atoms with E-state index in [1.807, 2.05) is 45.3 Å². The molecule has 0 saturated carbocycles. The summed E-state index contributed by atoms with van der Waals surface area (Å²) in [6.07, 6.45) is 5.38. The second-order valence-corrected chi connectivity index (χ2v) is 4.71. The summed E-state index contributed by atoms with van der Waals surface area (Å²) in [6.45, 7) is 4.76. The van der Waals surface area contributed by atoms with Crippen molar-refractivity contribution >= 4 is 5.97 Å². The lowest BCUT2D eigenvalue weighted by Crippen LogP contribution is -2.09. The van der Waals surface area contributed by atoms with E-state index >= 15 is 0 Å². The average molecular weight is 279 g/mol. The first-order chi connectivity index (χ1) is 9.71. The van der Waals surface area contributed by atoms with Crippen molar-refractivity contribution in [2.24, 2.45) is 0 Å². The van der Waals surface area contributed by atoms with E-state index in [4.69, 9.17) is 4.74 Å². The second-order valence-electron chi connectivity index (χ2n) is 4.71.